The number of urea groups is 1. The molecule has 1 saturated heterocycles. The molecule has 0 spiro atoms. The Bertz CT molecular complexity index is 899. The van der Waals surface area contributed by atoms with E-state index in [9.17, 15) is 23.2 Å². The minimum absolute atomic E-state index is 0.0126. The maximum Gasteiger partial charge on any atom is 0.387 e. The maximum atomic E-state index is 12.7. The van der Waals surface area contributed by atoms with Gasteiger partial charge < -0.3 is 19.4 Å². The van der Waals surface area contributed by atoms with Gasteiger partial charge in [-0.3, -0.25) is 19.8 Å². The minimum Gasteiger partial charge on any atom is -0.467 e. The molecule has 2 aromatic rings. The van der Waals surface area contributed by atoms with E-state index in [4.69, 9.17) is 4.42 Å². The average molecular weight is 436 g/mol. The molecule has 0 atom stereocenters. The van der Waals surface area contributed by atoms with Crippen LogP contribution >= 0.6 is 0 Å². The Balaban J connectivity index is 1.43. The molecule has 1 aliphatic heterocycles. The molecule has 0 bridgehead atoms. The summed E-state index contributed by atoms with van der Waals surface area (Å²) in [6.45, 7) is -1.48. The van der Waals surface area contributed by atoms with Crippen LogP contribution in [0.4, 0.5) is 13.6 Å². The zero-order valence-corrected chi connectivity index (χ0v) is 16.6. The lowest BCUT2D eigenvalue weighted by atomic mass is 10.1. The van der Waals surface area contributed by atoms with Gasteiger partial charge in [0.15, 0.2) is 0 Å². The topological polar surface area (TPSA) is 104 Å². The first-order valence-corrected chi connectivity index (χ1v) is 9.58. The molecule has 1 aromatic carbocycles. The van der Waals surface area contributed by atoms with Gasteiger partial charge in [-0.25, -0.2) is 4.79 Å². The van der Waals surface area contributed by atoms with Crippen molar-refractivity contribution in [1.82, 2.24) is 20.4 Å². The van der Waals surface area contributed by atoms with Crippen LogP contribution in [0.15, 0.2) is 47.1 Å². The third-order valence-electron chi connectivity index (χ3n) is 4.62. The highest BCUT2D eigenvalue weighted by Gasteiger charge is 2.26. The number of para-hydroxylation sites is 1. The summed E-state index contributed by atoms with van der Waals surface area (Å²) in [5.41, 5.74) is 0.0576. The summed E-state index contributed by atoms with van der Waals surface area (Å²) >= 11 is 0. The van der Waals surface area contributed by atoms with E-state index in [0.29, 0.717) is 31.9 Å². The Morgan fingerprint density at radius 1 is 1.06 bits per heavy atom. The summed E-state index contributed by atoms with van der Waals surface area (Å²) in [6, 6.07) is 8.58. The van der Waals surface area contributed by atoms with Crippen LogP contribution in [0.25, 0.3) is 0 Å². The second-order valence-corrected chi connectivity index (χ2v) is 6.75. The van der Waals surface area contributed by atoms with Crippen molar-refractivity contribution in [3.05, 3.63) is 54.0 Å². The van der Waals surface area contributed by atoms with Crippen molar-refractivity contribution in [2.24, 2.45) is 0 Å². The highest BCUT2D eigenvalue weighted by atomic mass is 19.3. The van der Waals surface area contributed by atoms with Crippen LogP contribution < -0.4 is 15.4 Å². The van der Waals surface area contributed by atoms with Crippen LogP contribution in [0.1, 0.15) is 16.1 Å². The SMILES string of the molecule is O=C(CN1CCN(C(=O)c2ccccc2OC(F)F)CC1)NC(=O)NCc1ccco1. The van der Waals surface area contributed by atoms with E-state index in [1.54, 1.807) is 23.1 Å². The molecule has 0 radical (unpaired) electrons. The van der Waals surface area contributed by atoms with Crippen molar-refractivity contribution >= 4 is 17.8 Å². The predicted molar refractivity (Wildman–Crippen MR) is 105 cm³/mol. The fourth-order valence-electron chi connectivity index (χ4n) is 3.12. The van der Waals surface area contributed by atoms with Crippen LogP contribution in [-0.4, -0.2) is 67.0 Å². The number of piperazine rings is 1. The van der Waals surface area contributed by atoms with Crippen LogP contribution in [0, 0.1) is 0 Å². The van der Waals surface area contributed by atoms with Gasteiger partial charge in [0.05, 0.1) is 24.9 Å². The summed E-state index contributed by atoms with van der Waals surface area (Å²) < 4.78 is 34.6. The molecular formula is C20H22F2N4O5. The molecule has 31 heavy (non-hydrogen) atoms. The number of furan rings is 1. The van der Waals surface area contributed by atoms with Gasteiger partial charge in [-0.1, -0.05) is 12.1 Å². The number of carbonyl (C=O) groups is 3. The molecule has 2 N–H and O–H groups in total. The highest BCUT2D eigenvalue weighted by molar-refractivity contribution is 5.97. The number of carbonyl (C=O) groups excluding carboxylic acids is 3. The maximum absolute atomic E-state index is 12.7. The Labute approximate surface area is 176 Å². The molecule has 0 unspecified atom stereocenters. The van der Waals surface area contributed by atoms with Crippen molar-refractivity contribution in [3.8, 4) is 5.75 Å². The largest absolute Gasteiger partial charge is 0.467 e. The summed E-state index contributed by atoms with van der Waals surface area (Å²) in [4.78, 5) is 39.8. The zero-order chi connectivity index (χ0) is 22.2. The van der Waals surface area contributed by atoms with Crippen molar-refractivity contribution in [2.75, 3.05) is 32.7 Å². The van der Waals surface area contributed by atoms with Crippen molar-refractivity contribution in [3.63, 3.8) is 0 Å². The Morgan fingerprint density at radius 3 is 2.48 bits per heavy atom. The van der Waals surface area contributed by atoms with Crippen molar-refractivity contribution in [1.29, 1.82) is 0 Å². The molecule has 0 aliphatic carbocycles. The minimum atomic E-state index is -3.03. The number of alkyl halides is 2. The fraction of sp³-hybridized carbons (Fsp3) is 0.350. The number of nitrogens with zero attached hydrogens (tertiary/aromatic N) is 2. The molecule has 1 aromatic heterocycles. The number of nitrogens with one attached hydrogen (secondary N) is 2. The van der Waals surface area contributed by atoms with Gasteiger partial charge in [-0.15, -0.1) is 0 Å². The number of ether oxygens (including phenoxy) is 1. The molecule has 2 heterocycles. The molecule has 11 heteroatoms. The van der Waals surface area contributed by atoms with Gasteiger partial charge in [0.2, 0.25) is 5.91 Å². The lowest BCUT2D eigenvalue weighted by Gasteiger charge is -2.34. The third kappa shape index (κ3) is 6.51. The van der Waals surface area contributed by atoms with Gasteiger partial charge in [0.25, 0.3) is 5.91 Å². The number of rotatable bonds is 7. The Kier molecular flexibility index (Phi) is 7.55. The van der Waals surface area contributed by atoms with E-state index in [1.165, 1.54) is 29.4 Å². The summed E-state index contributed by atoms with van der Waals surface area (Å²) in [7, 11) is 0. The fourth-order valence-corrected chi connectivity index (χ4v) is 3.12. The first-order valence-electron chi connectivity index (χ1n) is 9.58. The number of benzene rings is 1. The molecule has 1 fully saturated rings. The third-order valence-corrected chi connectivity index (χ3v) is 4.62. The average Bonchev–Trinajstić information content (AvgIpc) is 3.26. The van der Waals surface area contributed by atoms with E-state index >= 15 is 0 Å². The van der Waals surface area contributed by atoms with Crippen LogP contribution in [0.2, 0.25) is 0 Å². The molecule has 9 nitrogen and oxygen atoms in total. The number of imide groups is 1. The van der Waals surface area contributed by atoms with Gasteiger partial charge in [0.1, 0.15) is 11.5 Å². The standard InChI is InChI=1S/C20H22F2N4O5/c21-19(22)31-16-6-2-1-5-15(16)18(28)26-9-7-25(8-10-26)13-17(27)24-20(29)23-12-14-4-3-11-30-14/h1-6,11,19H,7-10,12-13H2,(H2,23,24,27,29). The molecule has 0 saturated carbocycles. The van der Waals surface area contributed by atoms with E-state index in [1.807, 2.05) is 0 Å². The summed E-state index contributed by atoms with van der Waals surface area (Å²) in [6.07, 6.45) is 1.48. The molecule has 1 aliphatic rings. The second-order valence-electron chi connectivity index (χ2n) is 6.75. The van der Waals surface area contributed by atoms with E-state index in [2.05, 4.69) is 15.4 Å². The number of amides is 4. The number of halogens is 2. The quantitative estimate of drug-likeness (QED) is 0.684. The van der Waals surface area contributed by atoms with Crippen molar-refractivity contribution < 1.29 is 32.3 Å². The van der Waals surface area contributed by atoms with Gasteiger partial charge in [-0.05, 0) is 24.3 Å². The first kappa shape index (κ1) is 22.2. The van der Waals surface area contributed by atoms with Crippen LogP contribution in [0.3, 0.4) is 0 Å². The van der Waals surface area contributed by atoms with Crippen LogP contribution in [-0.2, 0) is 11.3 Å². The smallest absolute Gasteiger partial charge is 0.387 e. The van der Waals surface area contributed by atoms with E-state index in [0.717, 1.165) is 0 Å². The predicted octanol–water partition coefficient (Wildman–Crippen LogP) is 1.66. The monoisotopic (exact) mass is 436 g/mol. The Hall–Kier alpha value is -3.47. The number of hydrogen-bond acceptors (Lipinski definition) is 6. The first-order chi connectivity index (χ1) is 14.9. The molecular weight excluding hydrogens is 414 g/mol. The molecule has 166 valence electrons. The summed E-state index contributed by atoms with van der Waals surface area (Å²) in [5, 5.41) is 4.75. The van der Waals surface area contributed by atoms with Gasteiger partial charge in [-0.2, -0.15) is 8.78 Å². The van der Waals surface area contributed by atoms with E-state index < -0.39 is 24.5 Å². The van der Waals surface area contributed by atoms with Crippen molar-refractivity contribution in [2.45, 2.75) is 13.2 Å². The molecule has 3 rings (SSSR count). The number of hydrogen-bond donors (Lipinski definition) is 2. The van der Waals surface area contributed by atoms with E-state index in [-0.39, 0.29) is 24.4 Å². The Morgan fingerprint density at radius 2 is 1.81 bits per heavy atom. The highest BCUT2D eigenvalue weighted by Crippen LogP contribution is 2.22. The molecule has 4 amide bonds. The zero-order valence-electron chi connectivity index (χ0n) is 16.6. The lowest BCUT2D eigenvalue weighted by molar-refractivity contribution is -0.121. The van der Waals surface area contributed by atoms with Gasteiger partial charge >= 0.3 is 12.6 Å². The van der Waals surface area contributed by atoms with Crippen LogP contribution in [0.5, 0.6) is 5.75 Å². The van der Waals surface area contributed by atoms with Gasteiger partial charge in [0, 0.05) is 26.2 Å². The lowest BCUT2D eigenvalue weighted by Crippen LogP contribution is -2.52. The summed E-state index contributed by atoms with van der Waals surface area (Å²) in [5.74, 6) is -0.515. The normalized spacial score (nSPS) is 14.4. The second kappa shape index (κ2) is 10.5.